The van der Waals surface area contributed by atoms with Gasteiger partial charge in [0.05, 0.1) is 22.8 Å². The Balaban J connectivity index is 1.67. The minimum atomic E-state index is -4.20. The Bertz CT molecular complexity index is 1450. The molecular weight excluding hydrogens is 560 g/mol. The third-order valence-corrected chi connectivity index (χ3v) is 8.05. The van der Waals surface area contributed by atoms with Crippen molar-refractivity contribution in [1.82, 2.24) is 25.7 Å². The lowest BCUT2D eigenvalue weighted by molar-refractivity contribution is -0.139. The van der Waals surface area contributed by atoms with Crippen LogP contribution in [0.15, 0.2) is 46.7 Å². The molecule has 2 amide bonds. The molecule has 0 spiro atoms. The zero-order valence-electron chi connectivity index (χ0n) is 21.9. The quantitative estimate of drug-likeness (QED) is 0.0999. The normalized spacial score (nSPS) is 12.2. The van der Waals surface area contributed by atoms with Crippen LogP contribution in [0.5, 0.6) is 0 Å². The first kappa shape index (κ1) is 30.7. The smallest absolute Gasteiger partial charge is 0.326 e. The third kappa shape index (κ3) is 8.33. The predicted molar refractivity (Wildman–Crippen MR) is 149 cm³/mol. The van der Waals surface area contributed by atoms with Gasteiger partial charge in [-0.05, 0) is 62.0 Å². The van der Waals surface area contributed by atoms with Crippen molar-refractivity contribution in [2.24, 2.45) is 18.5 Å². The highest BCUT2D eigenvalue weighted by molar-refractivity contribution is 7.92. The second-order valence-electron chi connectivity index (χ2n) is 8.87. The van der Waals surface area contributed by atoms with Crippen molar-refractivity contribution < 1.29 is 27.9 Å². The summed E-state index contributed by atoms with van der Waals surface area (Å²) in [4.78, 5) is 36.9. The number of thiophene rings is 1. The second kappa shape index (κ2) is 13.5. The monoisotopic (exact) mass is 592 g/mol. The molecule has 0 radical (unpaired) electrons. The summed E-state index contributed by atoms with van der Waals surface area (Å²) in [5.41, 5.74) is 12.5. The Hall–Kier alpha value is -3.83. The van der Waals surface area contributed by atoms with Gasteiger partial charge in [0.25, 0.3) is 21.8 Å². The van der Waals surface area contributed by atoms with Gasteiger partial charge in [0.15, 0.2) is 0 Å². The summed E-state index contributed by atoms with van der Waals surface area (Å²) in [5, 5.41) is 23.1. The van der Waals surface area contributed by atoms with E-state index in [1.807, 2.05) is 13.0 Å². The lowest BCUT2D eigenvalue weighted by atomic mass is 10.1. The molecule has 0 aliphatic carbocycles. The van der Waals surface area contributed by atoms with Crippen LogP contribution in [0.4, 0.5) is 5.69 Å². The number of nitrogens with zero attached hydrogens (tertiary/aromatic N) is 2. The van der Waals surface area contributed by atoms with E-state index in [9.17, 15) is 27.9 Å². The molecule has 0 aliphatic rings. The Labute approximate surface area is 235 Å². The number of amides is 2. The summed E-state index contributed by atoms with van der Waals surface area (Å²) in [7, 11) is -2.42. The number of nitrogens with one attached hydrogen (secondary N) is 4. The van der Waals surface area contributed by atoms with Gasteiger partial charge in [-0.3, -0.25) is 24.3 Å². The number of carboxylic acids is 1. The molecule has 2 aromatic heterocycles. The average Bonchev–Trinajstić information content (AvgIpc) is 3.49. The van der Waals surface area contributed by atoms with Crippen molar-refractivity contribution in [3.05, 3.63) is 63.6 Å². The lowest BCUT2D eigenvalue weighted by Gasteiger charge is -2.16. The molecule has 0 aliphatic heterocycles. The zero-order chi connectivity index (χ0) is 29.4. The standard InChI is InChI=1S/C24H32N8O6S2/c1-14-11-16(30-32(14)2)13-28-21(33)15-5-3-6-17(12-15)40(37,38)31-18-8-10-39-20(18)22(34)29-19(23(35)36)7-4-9-27-24(25)26/h3,5-6,8,10-12,19,24,27,31H,4,7,9,13,25-26H2,1-2H3,(H,28,33)(H,29,34)(H,35,36)/t19-/m0/s1. The highest BCUT2D eigenvalue weighted by Gasteiger charge is 2.25. The Kier molecular flexibility index (Phi) is 10.4. The second-order valence-corrected chi connectivity index (χ2v) is 11.5. The van der Waals surface area contributed by atoms with Crippen molar-refractivity contribution in [2.45, 2.75) is 43.5 Å². The van der Waals surface area contributed by atoms with Crippen LogP contribution in [-0.4, -0.2) is 60.0 Å². The molecule has 2 heterocycles. The summed E-state index contributed by atoms with van der Waals surface area (Å²) < 4.78 is 30.3. The number of hydrogen-bond acceptors (Lipinski definition) is 10. The fourth-order valence-corrected chi connectivity index (χ4v) is 5.56. The number of nitrogens with two attached hydrogens (primary N) is 2. The van der Waals surface area contributed by atoms with Crippen molar-refractivity contribution in [3.63, 3.8) is 0 Å². The lowest BCUT2D eigenvalue weighted by Crippen LogP contribution is -2.46. The highest BCUT2D eigenvalue weighted by Crippen LogP contribution is 2.26. The number of carbonyl (C=O) groups is 3. The van der Waals surface area contributed by atoms with E-state index < -0.39 is 40.1 Å². The van der Waals surface area contributed by atoms with E-state index in [1.54, 1.807) is 11.7 Å². The summed E-state index contributed by atoms with van der Waals surface area (Å²) in [6, 6.07) is 7.45. The maximum Gasteiger partial charge on any atom is 0.326 e. The van der Waals surface area contributed by atoms with Crippen LogP contribution in [0.25, 0.3) is 0 Å². The van der Waals surface area contributed by atoms with E-state index in [4.69, 9.17) is 11.5 Å². The largest absolute Gasteiger partial charge is 0.480 e. The van der Waals surface area contributed by atoms with Crippen molar-refractivity contribution in [2.75, 3.05) is 11.3 Å². The van der Waals surface area contributed by atoms with Gasteiger partial charge in [0.1, 0.15) is 17.2 Å². The zero-order valence-corrected chi connectivity index (χ0v) is 23.5. The van der Waals surface area contributed by atoms with Crippen LogP contribution in [0.3, 0.4) is 0 Å². The molecule has 3 aromatic rings. The number of rotatable bonds is 14. The van der Waals surface area contributed by atoms with Crippen LogP contribution in [0, 0.1) is 6.92 Å². The molecule has 1 atom stereocenters. The Morgan fingerprint density at radius 2 is 1.90 bits per heavy atom. The van der Waals surface area contributed by atoms with Gasteiger partial charge in [0, 0.05) is 18.3 Å². The highest BCUT2D eigenvalue weighted by atomic mass is 32.2. The molecule has 14 nitrogen and oxygen atoms in total. The van der Waals surface area contributed by atoms with Crippen LogP contribution in [0.1, 0.15) is 44.3 Å². The van der Waals surface area contributed by atoms with Crippen LogP contribution in [-0.2, 0) is 28.4 Å². The minimum absolute atomic E-state index is 0.0171. The molecule has 0 bridgehead atoms. The number of hydrogen-bond donors (Lipinski definition) is 7. The SMILES string of the molecule is Cc1cc(CNC(=O)c2cccc(S(=O)(=O)Nc3ccsc3C(=O)N[C@@H](CCCNC(N)N)C(=O)O)c2)nn1C. The number of aliphatic carboxylic acids is 1. The van der Waals surface area contributed by atoms with Crippen molar-refractivity contribution in [1.29, 1.82) is 0 Å². The number of aromatic nitrogens is 2. The van der Waals surface area contributed by atoms with Gasteiger partial charge in [-0.1, -0.05) is 6.07 Å². The molecule has 0 saturated heterocycles. The van der Waals surface area contributed by atoms with E-state index in [1.165, 1.54) is 35.7 Å². The average molecular weight is 593 g/mol. The van der Waals surface area contributed by atoms with Crippen LogP contribution >= 0.6 is 11.3 Å². The van der Waals surface area contributed by atoms with Crippen LogP contribution < -0.4 is 32.1 Å². The maximum atomic E-state index is 13.1. The summed E-state index contributed by atoms with van der Waals surface area (Å²) in [6.07, 6.45) is -0.273. The van der Waals surface area contributed by atoms with Gasteiger partial charge in [0.2, 0.25) is 0 Å². The van der Waals surface area contributed by atoms with Gasteiger partial charge >= 0.3 is 5.97 Å². The van der Waals surface area contributed by atoms with E-state index in [0.717, 1.165) is 17.0 Å². The van der Waals surface area contributed by atoms with E-state index in [0.29, 0.717) is 18.7 Å². The first-order valence-corrected chi connectivity index (χ1v) is 14.5. The summed E-state index contributed by atoms with van der Waals surface area (Å²) in [5.74, 6) is -2.47. The van der Waals surface area contributed by atoms with E-state index in [2.05, 4.69) is 25.8 Å². The minimum Gasteiger partial charge on any atom is -0.480 e. The molecule has 40 heavy (non-hydrogen) atoms. The van der Waals surface area contributed by atoms with E-state index >= 15 is 0 Å². The number of anilines is 1. The molecule has 0 fully saturated rings. The van der Waals surface area contributed by atoms with Crippen molar-refractivity contribution >= 4 is 44.8 Å². The molecule has 1 aromatic carbocycles. The molecule has 16 heteroatoms. The number of carboxylic acid groups (broad SMARTS) is 1. The first-order chi connectivity index (χ1) is 18.9. The fourth-order valence-electron chi connectivity index (χ4n) is 3.62. The first-order valence-electron chi connectivity index (χ1n) is 12.1. The summed E-state index contributed by atoms with van der Waals surface area (Å²) in [6.45, 7) is 2.39. The van der Waals surface area contributed by atoms with Gasteiger partial charge < -0.3 is 27.2 Å². The number of sulfonamides is 1. The molecule has 216 valence electrons. The van der Waals surface area contributed by atoms with Crippen LogP contribution in [0.2, 0.25) is 0 Å². The topological polar surface area (TPSA) is 224 Å². The molecule has 0 saturated carbocycles. The maximum absolute atomic E-state index is 13.1. The Morgan fingerprint density at radius 3 is 2.55 bits per heavy atom. The molecule has 0 unspecified atom stereocenters. The molecule has 9 N–H and O–H groups in total. The summed E-state index contributed by atoms with van der Waals surface area (Å²) >= 11 is 0.946. The fraction of sp³-hybridized carbons (Fsp3) is 0.333. The van der Waals surface area contributed by atoms with Crippen molar-refractivity contribution in [3.8, 4) is 0 Å². The Morgan fingerprint density at radius 1 is 1.15 bits per heavy atom. The van der Waals surface area contributed by atoms with Gasteiger partial charge in [-0.15, -0.1) is 11.3 Å². The number of aryl methyl sites for hydroxylation is 2. The predicted octanol–water partition coefficient (Wildman–Crippen LogP) is 0.275. The number of carbonyl (C=O) groups excluding carboxylic acids is 2. The molecular formula is C24H32N8O6S2. The third-order valence-electron chi connectivity index (χ3n) is 5.77. The van der Waals surface area contributed by atoms with E-state index in [-0.39, 0.29) is 34.0 Å². The van der Waals surface area contributed by atoms with Gasteiger partial charge in [-0.2, -0.15) is 5.10 Å². The number of benzene rings is 1. The molecule has 3 rings (SSSR count). The van der Waals surface area contributed by atoms with Gasteiger partial charge in [-0.25, -0.2) is 13.2 Å².